The van der Waals surface area contributed by atoms with Crippen LogP contribution in [0, 0.1) is 0 Å². The SMILES string of the molecule is CCN(CC)CCCC(C)NC(=O)C(CCC(=O)OC1CCCCC1)NC(=O)c1cc(-c2ccc(OC)cc2)nc2ccccc12. The number of methoxy groups -OCH3 is 1. The predicted octanol–water partition coefficient (Wildman–Crippen LogP) is 6.29. The van der Waals surface area contributed by atoms with Crippen LogP contribution in [0.25, 0.3) is 22.2 Å². The first-order valence-electron chi connectivity index (χ1n) is 16.9. The predicted molar refractivity (Wildman–Crippen MR) is 182 cm³/mol. The average Bonchev–Trinajstić information content (AvgIpc) is 3.08. The molecule has 9 heteroatoms. The highest BCUT2D eigenvalue weighted by atomic mass is 16.5. The monoisotopic (exact) mass is 630 g/mol. The molecule has 2 aromatic carbocycles. The van der Waals surface area contributed by atoms with E-state index >= 15 is 0 Å². The van der Waals surface area contributed by atoms with Gasteiger partial charge in [0.25, 0.3) is 5.91 Å². The summed E-state index contributed by atoms with van der Waals surface area (Å²) < 4.78 is 11.0. The summed E-state index contributed by atoms with van der Waals surface area (Å²) in [7, 11) is 1.61. The Morgan fingerprint density at radius 2 is 1.67 bits per heavy atom. The third kappa shape index (κ3) is 10.0. The first-order chi connectivity index (χ1) is 22.3. The summed E-state index contributed by atoms with van der Waals surface area (Å²) >= 11 is 0. The van der Waals surface area contributed by atoms with E-state index in [4.69, 9.17) is 14.5 Å². The van der Waals surface area contributed by atoms with E-state index in [1.807, 2.05) is 55.5 Å². The number of pyridine rings is 1. The molecule has 0 spiro atoms. The molecule has 0 aliphatic heterocycles. The summed E-state index contributed by atoms with van der Waals surface area (Å²) in [6, 6.07) is 15.7. The van der Waals surface area contributed by atoms with Gasteiger partial charge < -0.3 is 25.0 Å². The Hall–Kier alpha value is -3.98. The van der Waals surface area contributed by atoms with Gasteiger partial charge in [-0.05, 0) is 108 Å². The summed E-state index contributed by atoms with van der Waals surface area (Å²) in [5.41, 5.74) is 2.54. The van der Waals surface area contributed by atoms with Crippen molar-refractivity contribution in [3.8, 4) is 17.0 Å². The number of ether oxygens (including phenoxy) is 2. The second-order valence-electron chi connectivity index (χ2n) is 12.2. The maximum Gasteiger partial charge on any atom is 0.306 e. The third-order valence-electron chi connectivity index (χ3n) is 8.85. The maximum atomic E-state index is 14.0. The molecule has 0 saturated heterocycles. The van der Waals surface area contributed by atoms with E-state index in [1.165, 1.54) is 6.42 Å². The van der Waals surface area contributed by atoms with E-state index in [0.717, 1.165) is 69.5 Å². The highest BCUT2D eigenvalue weighted by molar-refractivity contribution is 6.08. The van der Waals surface area contributed by atoms with E-state index in [-0.39, 0.29) is 36.9 Å². The van der Waals surface area contributed by atoms with Crippen LogP contribution in [-0.4, -0.2) is 72.6 Å². The van der Waals surface area contributed by atoms with Crippen molar-refractivity contribution in [1.29, 1.82) is 0 Å². The summed E-state index contributed by atoms with van der Waals surface area (Å²) in [5, 5.41) is 6.73. The molecular weight excluding hydrogens is 580 g/mol. The quantitative estimate of drug-likeness (QED) is 0.179. The number of para-hydroxylation sites is 1. The minimum Gasteiger partial charge on any atom is -0.497 e. The fourth-order valence-electron chi connectivity index (χ4n) is 6.04. The standard InChI is InChI=1S/C37H50N4O5/c1-5-41(6-2)24-12-13-26(3)38-37(44)33(22-23-35(42)46-29-14-8-7-9-15-29)40-36(43)31-25-34(27-18-20-28(45-4)21-19-27)39-32-17-11-10-16-30(31)32/h10-11,16-21,25-26,29,33H,5-9,12-15,22-24H2,1-4H3,(H,38,44)(H,40,43). The van der Waals surface area contributed by atoms with Gasteiger partial charge in [0.2, 0.25) is 5.91 Å². The number of amides is 2. The van der Waals surface area contributed by atoms with Crippen LogP contribution < -0.4 is 15.4 Å². The summed E-state index contributed by atoms with van der Waals surface area (Å²) in [5.74, 6) is -0.311. The van der Waals surface area contributed by atoms with Crippen LogP contribution in [0.5, 0.6) is 5.75 Å². The third-order valence-corrected chi connectivity index (χ3v) is 8.85. The number of carbonyl (C=O) groups is 3. The van der Waals surface area contributed by atoms with Gasteiger partial charge in [0, 0.05) is 23.4 Å². The number of nitrogens with zero attached hydrogens (tertiary/aromatic N) is 2. The van der Waals surface area contributed by atoms with Crippen molar-refractivity contribution in [1.82, 2.24) is 20.5 Å². The van der Waals surface area contributed by atoms with Gasteiger partial charge in [0.15, 0.2) is 0 Å². The summed E-state index contributed by atoms with van der Waals surface area (Å²) in [6.45, 7) is 9.22. The van der Waals surface area contributed by atoms with Gasteiger partial charge in [0.05, 0.1) is 23.9 Å². The van der Waals surface area contributed by atoms with Crippen molar-refractivity contribution in [2.75, 3.05) is 26.7 Å². The fraction of sp³-hybridized carbons (Fsp3) is 0.514. The van der Waals surface area contributed by atoms with Gasteiger partial charge in [-0.15, -0.1) is 0 Å². The lowest BCUT2D eigenvalue weighted by molar-refractivity contribution is -0.150. The van der Waals surface area contributed by atoms with Crippen molar-refractivity contribution >= 4 is 28.7 Å². The van der Waals surface area contributed by atoms with Crippen molar-refractivity contribution in [3.63, 3.8) is 0 Å². The number of fused-ring (bicyclic) bond motifs is 1. The van der Waals surface area contributed by atoms with E-state index < -0.39 is 11.9 Å². The van der Waals surface area contributed by atoms with Crippen molar-refractivity contribution < 1.29 is 23.9 Å². The lowest BCUT2D eigenvalue weighted by Gasteiger charge is -2.24. The molecule has 0 bridgehead atoms. The number of hydrogen-bond acceptors (Lipinski definition) is 7. The Kier molecular flexibility index (Phi) is 13.4. The molecule has 1 saturated carbocycles. The topological polar surface area (TPSA) is 110 Å². The molecule has 1 aliphatic carbocycles. The molecule has 1 fully saturated rings. The van der Waals surface area contributed by atoms with E-state index in [2.05, 4.69) is 29.4 Å². The molecule has 3 aromatic rings. The second-order valence-corrected chi connectivity index (χ2v) is 12.2. The lowest BCUT2D eigenvalue weighted by atomic mass is 9.98. The van der Waals surface area contributed by atoms with Crippen LogP contribution in [0.2, 0.25) is 0 Å². The fourth-order valence-corrected chi connectivity index (χ4v) is 6.04. The van der Waals surface area contributed by atoms with Gasteiger partial charge in [-0.25, -0.2) is 4.98 Å². The molecule has 248 valence electrons. The van der Waals surface area contributed by atoms with E-state index in [0.29, 0.717) is 22.2 Å². The van der Waals surface area contributed by atoms with Crippen molar-refractivity contribution in [2.45, 2.75) is 96.7 Å². The molecule has 2 N–H and O–H groups in total. The Bertz CT molecular complexity index is 1430. The molecule has 2 amide bonds. The summed E-state index contributed by atoms with van der Waals surface area (Å²) in [6.07, 6.45) is 6.92. The van der Waals surface area contributed by atoms with Gasteiger partial charge in [-0.1, -0.05) is 38.5 Å². The van der Waals surface area contributed by atoms with Crippen LogP contribution in [0.4, 0.5) is 0 Å². The number of carbonyl (C=O) groups excluding carboxylic acids is 3. The molecule has 46 heavy (non-hydrogen) atoms. The van der Waals surface area contributed by atoms with Crippen LogP contribution in [0.3, 0.4) is 0 Å². The Balaban J connectivity index is 1.52. The first-order valence-corrected chi connectivity index (χ1v) is 16.9. The number of esters is 1. The molecule has 2 atom stereocenters. The van der Waals surface area contributed by atoms with Gasteiger partial charge >= 0.3 is 5.97 Å². The first kappa shape index (κ1) is 34.9. The van der Waals surface area contributed by atoms with Crippen LogP contribution in [-0.2, 0) is 14.3 Å². The Labute approximate surface area is 273 Å². The van der Waals surface area contributed by atoms with E-state index in [9.17, 15) is 14.4 Å². The molecule has 1 aliphatic rings. The van der Waals surface area contributed by atoms with E-state index in [1.54, 1.807) is 13.2 Å². The van der Waals surface area contributed by atoms with Crippen LogP contribution in [0.15, 0.2) is 54.6 Å². The largest absolute Gasteiger partial charge is 0.497 e. The van der Waals surface area contributed by atoms with Crippen molar-refractivity contribution in [3.05, 3.63) is 60.2 Å². The highest BCUT2D eigenvalue weighted by Crippen LogP contribution is 2.27. The zero-order chi connectivity index (χ0) is 32.9. The van der Waals surface area contributed by atoms with Gasteiger partial charge in [0.1, 0.15) is 17.9 Å². The van der Waals surface area contributed by atoms with Crippen LogP contribution >= 0.6 is 0 Å². The smallest absolute Gasteiger partial charge is 0.306 e. The second kappa shape index (κ2) is 17.6. The number of rotatable bonds is 16. The highest BCUT2D eigenvalue weighted by Gasteiger charge is 2.26. The normalized spacial score (nSPS) is 14.9. The van der Waals surface area contributed by atoms with Crippen molar-refractivity contribution in [2.24, 2.45) is 0 Å². The Morgan fingerprint density at radius 1 is 0.957 bits per heavy atom. The van der Waals surface area contributed by atoms with Gasteiger partial charge in [-0.3, -0.25) is 14.4 Å². The lowest BCUT2D eigenvalue weighted by Crippen LogP contribution is -2.49. The zero-order valence-electron chi connectivity index (χ0n) is 27.8. The molecule has 9 nitrogen and oxygen atoms in total. The molecule has 1 heterocycles. The number of nitrogens with one attached hydrogen (secondary N) is 2. The van der Waals surface area contributed by atoms with Gasteiger partial charge in [-0.2, -0.15) is 0 Å². The average molecular weight is 631 g/mol. The number of benzene rings is 2. The van der Waals surface area contributed by atoms with Crippen LogP contribution in [0.1, 0.15) is 88.9 Å². The zero-order valence-corrected chi connectivity index (χ0v) is 27.8. The molecule has 4 rings (SSSR count). The molecule has 2 unspecified atom stereocenters. The Morgan fingerprint density at radius 3 is 2.37 bits per heavy atom. The minimum absolute atomic E-state index is 0.0411. The maximum absolute atomic E-state index is 14.0. The minimum atomic E-state index is -0.909. The number of aromatic nitrogens is 1. The summed E-state index contributed by atoms with van der Waals surface area (Å²) in [4.78, 5) is 47.6. The molecule has 0 radical (unpaired) electrons. The molecule has 1 aromatic heterocycles. The molecular formula is C37H50N4O5. The number of hydrogen-bond donors (Lipinski definition) is 2.